The van der Waals surface area contributed by atoms with E-state index in [0.717, 1.165) is 6.42 Å². The Morgan fingerprint density at radius 1 is 1.44 bits per heavy atom. The van der Waals surface area contributed by atoms with Crippen molar-refractivity contribution in [1.82, 2.24) is 5.32 Å². The van der Waals surface area contributed by atoms with Crippen LogP contribution in [0.1, 0.15) is 32.1 Å². The van der Waals surface area contributed by atoms with Gasteiger partial charge in [-0.2, -0.15) is 0 Å². The molecule has 0 rings (SSSR count). The number of rotatable bonds is 8. The van der Waals surface area contributed by atoms with Gasteiger partial charge >= 0.3 is 5.97 Å². The average Bonchev–Trinajstić information content (AvgIpc) is 2.25. The fourth-order valence-electron chi connectivity index (χ4n) is 1.20. The Morgan fingerprint density at radius 2 is 2.12 bits per heavy atom. The van der Waals surface area contributed by atoms with Crippen LogP contribution in [0.4, 0.5) is 0 Å². The topological polar surface area (TPSA) is 92.4 Å². The van der Waals surface area contributed by atoms with Gasteiger partial charge in [0.2, 0.25) is 5.91 Å². The molecule has 1 amide bonds. The molecule has 0 saturated heterocycles. The second kappa shape index (κ2) is 8.74. The Kier molecular flexibility index (Phi) is 7.90. The summed E-state index contributed by atoms with van der Waals surface area (Å²) in [5.41, 5.74) is 5.30. The number of carboxylic acids is 1. The van der Waals surface area contributed by atoms with E-state index in [4.69, 9.17) is 17.3 Å². The highest BCUT2D eigenvalue weighted by Crippen LogP contribution is 2.01. The molecule has 0 bridgehead atoms. The molecule has 0 radical (unpaired) electrons. The lowest BCUT2D eigenvalue weighted by Crippen LogP contribution is -2.40. The summed E-state index contributed by atoms with van der Waals surface area (Å²) in [7, 11) is 0. The monoisotopic (exact) mass is 226 g/mol. The molecular formula is C11H18N2O3. The quantitative estimate of drug-likeness (QED) is 0.404. The summed E-state index contributed by atoms with van der Waals surface area (Å²) >= 11 is 0. The van der Waals surface area contributed by atoms with Gasteiger partial charge in [-0.05, 0) is 25.8 Å². The minimum Gasteiger partial charge on any atom is -0.480 e. The Hall–Kier alpha value is -1.54. The van der Waals surface area contributed by atoms with Crippen molar-refractivity contribution in [3.05, 3.63) is 0 Å². The van der Waals surface area contributed by atoms with Crippen molar-refractivity contribution in [3.63, 3.8) is 0 Å². The standard InChI is InChI=1S/C11H18N2O3/c1-2-3-7-10(14)13-9(11(15)16)6-4-5-8-12/h1,9H,3-8,12H2,(H,13,14)(H,15,16)/t9-/m0/s1. The summed E-state index contributed by atoms with van der Waals surface area (Å²) in [6.45, 7) is 0.525. The molecule has 0 fully saturated rings. The normalized spacial score (nSPS) is 11.5. The van der Waals surface area contributed by atoms with Crippen LogP contribution < -0.4 is 11.1 Å². The van der Waals surface area contributed by atoms with Gasteiger partial charge in [0, 0.05) is 12.8 Å². The second-order valence-electron chi connectivity index (χ2n) is 3.45. The summed E-state index contributed by atoms with van der Waals surface area (Å²) in [6, 6.07) is -0.836. The number of hydrogen-bond acceptors (Lipinski definition) is 3. The minimum atomic E-state index is -1.02. The van der Waals surface area contributed by atoms with E-state index in [-0.39, 0.29) is 12.3 Å². The maximum atomic E-state index is 11.3. The number of carbonyl (C=O) groups is 2. The summed E-state index contributed by atoms with van der Waals surface area (Å²) in [4.78, 5) is 22.1. The number of carbonyl (C=O) groups excluding carboxylic acids is 1. The molecule has 0 aromatic heterocycles. The highest BCUT2D eigenvalue weighted by Gasteiger charge is 2.18. The first-order valence-electron chi connectivity index (χ1n) is 5.27. The van der Waals surface area contributed by atoms with Crippen molar-refractivity contribution in [2.75, 3.05) is 6.54 Å². The van der Waals surface area contributed by atoms with Gasteiger partial charge in [0.15, 0.2) is 0 Å². The molecule has 4 N–H and O–H groups in total. The number of amides is 1. The maximum absolute atomic E-state index is 11.3. The van der Waals surface area contributed by atoms with Crippen LogP contribution in [0.15, 0.2) is 0 Å². The van der Waals surface area contributed by atoms with Crippen LogP contribution in [0, 0.1) is 12.3 Å². The van der Waals surface area contributed by atoms with E-state index < -0.39 is 12.0 Å². The third-order valence-electron chi connectivity index (χ3n) is 2.08. The smallest absolute Gasteiger partial charge is 0.326 e. The van der Waals surface area contributed by atoms with Crippen molar-refractivity contribution < 1.29 is 14.7 Å². The van der Waals surface area contributed by atoms with E-state index in [1.54, 1.807) is 0 Å². The summed E-state index contributed by atoms with van der Waals surface area (Å²) in [5, 5.41) is 11.3. The van der Waals surface area contributed by atoms with Crippen LogP contribution in [0.25, 0.3) is 0 Å². The molecule has 16 heavy (non-hydrogen) atoms. The average molecular weight is 226 g/mol. The molecule has 0 spiro atoms. The number of hydrogen-bond donors (Lipinski definition) is 3. The Balaban J connectivity index is 3.98. The molecule has 0 heterocycles. The van der Waals surface area contributed by atoms with Crippen molar-refractivity contribution in [1.29, 1.82) is 0 Å². The van der Waals surface area contributed by atoms with E-state index in [0.29, 0.717) is 25.8 Å². The number of nitrogens with two attached hydrogens (primary N) is 1. The van der Waals surface area contributed by atoms with Gasteiger partial charge in [0.05, 0.1) is 0 Å². The summed E-state index contributed by atoms with van der Waals surface area (Å²) < 4.78 is 0. The van der Waals surface area contributed by atoms with Crippen LogP contribution in [0.3, 0.4) is 0 Å². The van der Waals surface area contributed by atoms with E-state index in [1.165, 1.54) is 0 Å². The third kappa shape index (κ3) is 6.85. The van der Waals surface area contributed by atoms with Crippen LogP contribution in [0.2, 0.25) is 0 Å². The van der Waals surface area contributed by atoms with Gasteiger partial charge in [0.25, 0.3) is 0 Å². The maximum Gasteiger partial charge on any atom is 0.326 e. The van der Waals surface area contributed by atoms with Crippen LogP contribution in [0.5, 0.6) is 0 Å². The molecule has 0 saturated carbocycles. The number of terminal acetylenes is 1. The van der Waals surface area contributed by atoms with Crippen molar-refractivity contribution in [2.24, 2.45) is 5.73 Å². The van der Waals surface area contributed by atoms with E-state index in [9.17, 15) is 9.59 Å². The lowest BCUT2D eigenvalue weighted by atomic mass is 10.1. The predicted molar refractivity (Wildman–Crippen MR) is 60.5 cm³/mol. The molecule has 1 atom stereocenters. The number of carboxylic acid groups (broad SMARTS) is 1. The zero-order chi connectivity index (χ0) is 12.4. The highest BCUT2D eigenvalue weighted by molar-refractivity contribution is 5.83. The molecule has 0 aliphatic heterocycles. The van der Waals surface area contributed by atoms with Crippen LogP contribution >= 0.6 is 0 Å². The number of unbranched alkanes of at least 4 members (excludes halogenated alkanes) is 1. The lowest BCUT2D eigenvalue weighted by Gasteiger charge is -2.13. The number of aliphatic carboxylic acids is 1. The third-order valence-corrected chi connectivity index (χ3v) is 2.08. The molecule has 90 valence electrons. The van der Waals surface area contributed by atoms with Crippen LogP contribution in [-0.2, 0) is 9.59 Å². The summed E-state index contributed by atoms with van der Waals surface area (Å²) in [5.74, 6) is 0.985. The van der Waals surface area contributed by atoms with Gasteiger partial charge in [-0.25, -0.2) is 4.79 Å². The molecule has 0 aliphatic carbocycles. The van der Waals surface area contributed by atoms with Crippen molar-refractivity contribution >= 4 is 11.9 Å². The second-order valence-corrected chi connectivity index (χ2v) is 3.45. The molecule has 5 nitrogen and oxygen atoms in total. The van der Waals surface area contributed by atoms with E-state index in [2.05, 4.69) is 11.2 Å². The fraction of sp³-hybridized carbons (Fsp3) is 0.636. The van der Waals surface area contributed by atoms with Gasteiger partial charge in [-0.3, -0.25) is 4.79 Å². The molecule has 0 aromatic rings. The van der Waals surface area contributed by atoms with Gasteiger partial charge < -0.3 is 16.2 Å². The first-order chi connectivity index (χ1) is 7.61. The molecule has 0 aromatic carbocycles. The Morgan fingerprint density at radius 3 is 2.62 bits per heavy atom. The largest absolute Gasteiger partial charge is 0.480 e. The Labute approximate surface area is 95.4 Å². The SMILES string of the molecule is C#CCCC(=O)N[C@@H](CCCCN)C(=O)O. The van der Waals surface area contributed by atoms with Gasteiger partial charge in [-0.15, -0.1) is 12.3 Å². The Bertz CT molecular complexity index is 271. The fourth-order valence-corrected chi connectivity index (χ4v) is 1.20. The molecular weight excluding hydrogens is 208 g/mol. The molecule has 5 heteroatoms. The van der Waals surface area contributed by atoms with Gasteiger partial charge in [-0.1, -0.05) is 0 Å². The number of nitrogens with one attached hydrogen (secondary N) is 1. The highest BCUT2D eigenvalue weighted by atomic mass is 16.4. The zero-order valence-corrected chi connectivity index (χ0v) is 9.24. The predicted octanol–water partition coefficient (Wildman–Crippen LogP) is 0.0982. The first-order valence-corrected chi connectivity index (χ1v) is 5.27. The minimum absolute atomic E-state index is 0.164. The van der Waals surface area contributed by atoms with E-state index >= 15 is 0 Å². The first kappa shape index (κ1) is 14.5. The lowest BCUT2D eigenvalue weighted by molar-refractivity contribution is -0.142. The van der Waals surface area contributed by atoms with Crippen molar-refractivity contribution in [3.8, 4) is 12.3 Å². The summed E-state index contributed by atoms with van der Waals surface area (Å²) in [6.07, 6.45) is 7.32. The molecule has 0 unspecified atom stereocenters. The van der Waals surface area contributed by atoms with Crippen molar-refractivity contribution in [2.45, 2.75) is 38.1 Å². The van der Waals surface area contributed by atoms with Crippen LogP contribution in [-0.4, -0.2) is 29.6 Å². The van der Waals surface area contributed by atoms with E-state index in [1.807, 2.05) is 0 Å². The zero-order valence-electron chi connectivity index (χ0n) is 9.24. The molecule has 0 aliphatic rings. The van der Waals surface area contributed by atoms with Gasteiger partial charge in [0.1, 0.15) is 6.04 Å².